The first-order valence-corrected chi connectivity index (χ1v) is 5.12. The highest BCUT2D eigenvalue weighted by Crippen LogP contribution is 2.09. The van der Waals surface area contributed by atoms with E-state index in [1.165, 1.54) is 0 Å². The number of esters is 1. The normalized spacial score (nSPS) is 12.1. The van der Waals surface area contributed by atoms with E-state index in [2.05, 4.69) is 4.74 Å². The Morgan fingerprint density at radius 2 is 2.00 bits per heavy atom. The minimum atomic E-state index is -4.59. The van der Waals surface area contributed by atoms with Gasteiger partial charge in [-0.25, -0.2) is 8.42 Å². The molecule has 84 valence electrons. The standard InChI is InChI=1S/C6H11F2NO4S/c1-9(4-3-5(10)13-2)14(11,12)6(7)8/h6H,3-4H2,1-2H3. The number of carbonyl (C=O) groups is 1. The summed E-state index contributed by atoms with van der Waals surface area (Å²) in [6.07, 6.45) is -0.251. The smallest absolute Gasteiger partial charge is 0.350 e. The molecule has 14 heavy (non-hydrogen) atoms. The minimum Gasteiger partial charge on any atom is -0.469 e. The molecule has 0 aromatic carbocycles. The molecule has 0 heterocycles. The van der Waals surface area contributed by atoms with Crippen LogP contribution in [-0.2, 0) is 19.6 Å². The second kappa shape index (κ2) is 5.20. The number of nitrogens with zero attached hydrogens (tertiary/aromatic N) is 1. The average molecular weight is 231 g/mol. The number of hydrogen-bond acceptors (Lipinski definition) is 4. The maximum atomic E-state index is 11.9. The Balaban J connectivity index is 4.22. The second-order valence-electron chi connectivity index (χ2n) is 2.45. The minimum absolute atomic E-state index is 0.251. The third-order valence-corrected chi connectivity index (χ3v) is 3.02. The van der Waals surface area contributed by atoms with E-state index >= 15 is 0 Å². The van der Waals surface area contributed by atoms with Gasteiger partial charge < -0.3 is 4.74 Å². The molecule has 0 aromatic rings. The first-order chi connectivity index (χ1) is 6.32. The van der Waals surface area contributed by atoms with Gasteiger partial charge in [-0.1, -0.05) is 0 Å². The fraction of sp³-hybridized carbons (Fsp3) is 0.833. The van der Waals surface area contributed by atoms with Gasteiger partial charge in [0.1, 0.15) is 0 Å². The first kappa shape index (κ1) is 13.2. The van der Waals surface area contributed by atoms with Crippen LogP contribution in [0.4, 0.5) is 8.78 Å². The van der Waals surface area contributed by atoms with E-state index in [4.69, 9.17) is 0 Å². The topological polar surface area (TPSA) is 63.7 Å². The second-order valence-corrected chi connectivity index (χ2v) is 4.46. The summed E-state index contributed by atoms with van der Waals surface area (Å²) >= 11 is 0. The van der Waals surface area contributed by atoms with E-state index in [9.17, 15) is 22.0 Å². The summed E-state index contributed by atoms with van der Waals surface area (Å²) in [6.45, 7) is -0.320. The maximum Gasteiger partial charge on any atom is 0.350 e. The quantitative estimate of drug-likeness (QED) is 0.626. The number of rotatable bonds is 5. The van der Waals surface area contributed by atoms with Gasteiger partial charge in [0.05, 0.1) is 13.5 Å². The molecule has 0 aliphatic heterocycles. The molecule has 0 bridgehead atoms. The number of sulfonamides is 1. The highest BCUT2D eigenvalue weighted by Gasteiger charge is 2.29. The van der Waals surface area contributed by atoms with Crippen LogP contribution in [0, 0.1) is 0 Å². The van der Waals surface area contributed by atoms with Crippen molar-refractivity contribution in [3.05, 3.63) is 0 Å². The van der Waals surface area contributed by atoms with E-state index in [0.29, 0.717) is 4.31 Å². The zero-order valence-corrected chi connectivity index (χ0v) is 8.55. The van der Waals surface area contributed by atoms with Crippen LogP contribution in [0.1, 0.15) is 6.42 Å². The van der Waals surface area contributed by atoms with E-state index in [-0.39, 0.29) is 13.0 Å². The van der Waals surface area contributed by atoms with Gasteiger partial charge in [0, 0.05) is 13.6 Å². The van der Waals surface area contributed by atoms with Crippen molar-refractivity contribution in [1.29, 1.82) is 0 Å². The van der Waals surface area contributed by atoms with Crippen LogP contribution in [0.15, 0.2) is 0 Å². The lowest BCUT2D eigenvalue weighted by Gasteiger charge is -2.15. The van der Waals surface area contributed by atoms with Gasteiger partial charge in [-0.05, 0) is 0 Å². The van der Waals surface area contributed by atoms with Gasteiger partial charge in [0.2, 0.25) is 0 Å². The number of carbonyl (C=O) groups excluding carboxylic acids is 1. The average Bonchev–Trinajstić information content (AvgIpc) is 2.12. The highest BCUT2D eigenvalue weighted by atomic mass is 32.2. The van der Waals surface area contributed by atoms with Crippen molar-refractivity contribution in [2.24, 2.45) is 0 Å². The van der Waals surface area contributed by atoms with E-state index in [1.54, 1.807) is 0 Å². The fourth-order valence-corrected chi connectivity index (χ4v) is 1.23. The Morgan fingerprint density at radius 3 is 2.36 bits per heavy atom. The van der Waals surface area contributed by atoms with Gasteiger partial charge in [0.25, 0.3) is 10.0 Å². The predicted octanol–water partition coefficient (Wildman–Crippen LogP) is 0.0337. The summed E-state index contributed by atoms with van der Waals surface area (Å²) in [7, 11) is -2.48. The number of methoxy groups -OCH3 is 1. The van der Waals surface area contributed by atoms with Crippen LogP contribution < -0.4 is 0 Å². The lowest BCUT2D eigenvalue weighted by atomic mass is 10.4. The van der Waals surface area contributed by atoms with E-state index in [1.807, 2.05) is 0 Å². The van der Waals surface area contributed by atoms with Crippen molar-refractivity contribution >= 4 is 16.0 Å². The van der Waals surface area contributed by atoms with Crippen molar-refractivity contribution < 1.29 is 26.7 Å². The molecule has 0 rings (SSSR count). The zero-order chi connectivity index (χ0) is 11.4. The highest BCUT2D eigenvalue weighted by molar-refractivity contribution is 7.89. The summed E-state index contributed by atoms with van der Waals surface area (Å²) in [5.74, 6) is -4.12. The van der Waals surface area contributed by atoms with Gasteiger partial charge in [-0.2, -0.15) is 13.1 Å². The largest absolute Gasteiger partial charge is 0.469 e. The molecule has 0 N–H and O–H groups in total. The van der Waals surface area contributed by atoms with Crippen molar-refractivity contribution in [3.63, 3.8) is 0 Å². The lowest BCUT2D eigenvalue weighted by molar-refractivity contribution is -0.140. The lowest BCUT2D eigenvalue weighted by Crippen LogP contribution is -2.33. The monoisotopic (exact) mass is 231 g/mol. The van der Waals surface area contributed by atoms with E-state index < -0.39 is 21.8 Å². The fourth-order valence-electron chi connectivity index (χ4n) is 0.614. The number of hydrogen-bond donors (Lipinski definition) is 0. The van der Waals surface area contributed by atoms with Crippen molar-refractivity contribution in [3.8, 4) is 0 Å². The van der Waals surface area contributed by atoms with Crippen molar-refractivity contribution in [1.82, 2.24) is 4.31 Å². The van der Waals surface area contributed by atoms with E-state index in [0.717, 1.165) is 14.2 Å². The molecular formula is C6H11F2NO4S. The Morgan fingerprint density at radius 1 is 1.50 bits per heavy atom. The Hall–Kier alpha value is -0.760. The number of alkyl halides is 2. The predicted molar refractivity (Wildman–Crippen MR) is 44.2 cm³/mol. The summed E-state index contributed by atoms with van der Waals surface area (Å²) in [5.41, 5.74) is 0. The molecule has 0 spiro atoms. The molecule has 0 aliphatic carbocycles. The molecule has 8 heteroatoms. The summed E-state index contributed by atoms with van der Waals surface area (Å²) in [5, 5.41) is 0. The molecule has 0 unspecified atom stereocenters. The van der Waals surface area contributed by atoms with Crippen LogP contribution in [0.25, 0.3) is 0 Å². The molecule has 0 fully saturated rings. The van der Waals surface area contributed by atoms with Gasteiger partial charge in [-0.15, -0.1) is 0 Å². The van der Waals surface area contributed by atoms with Crippen LogP contribution in [0.3, 0.4) is 0 Å². The SMILES string of the molecule is COC(=O)CCN(C)S(=O)(=O)C(F)F. The molecule has 0 saturated carbocycles. The molecule has 5 nitrogen and oxygen atoms in total. The first-order valence-electron chi connectivity index (χ1n) is 3.62. The zero-order valence-electron chi connectivity index (χ0n) is 7.74. The van der Waals surface area contributed by atoms with Crippen molar-refractivity contribution in [2.45, 2.75) is 12.2 Å². The van der Waals surface area contributed by atoms with Gasteiger partial charge in [0.15, 0.2) is 0 Å². The van der Waals surface area contributed by atoms with Crippen LogP contribution >= 0.6 is 0 Å². The summed E-state index contributed by atoms with van der Waals surface area (Å²) in [6, 6.07) is 0. The number of ether oxygens (including phenoxy) is 1. The number of halogens is 2. The van der Waals surface area contributed by atoms with Crippen LogP contribution in [0.2, 0.25) is 0 Å². The molecule has 0 aliphatic rings. The van der Waals surface area contributed by atoms with Crippen molar-refractivity contribution in [2.75, 3.05) is 20.7 Å². The molecule has 0 amide bonds. The van der Waals surface area contributed by atoms with Gasteiger partial charge in [-0.3, -0.25) is 4.79 Å². The van der Waals surface area contributed by atoms with Crippen LogP contribution in [0.5, 0.6) is 0 Å². The molecule has 0 saturated heterocycles. The molecule has 0 radical (unpaired) electrons. The Labute approximate surface area is 80.7 Å². The van der Waals surface area contributed by atoms with Crippen LogP contribution in [-0.4, -0.2) is 45.2 Å². The molecular weight excluding hydrogens is 220 g/mol. The summed E-state index contributed by atoms with van der Waals surface area (Å²) < 4.78 is 50.0. The van der Waals surface area contributed by atoms with Gasteiger partial charge >= 0.3 is 11.7 Å². The Kier molecular flexibility index (Phi) is 4.92. The third kappa shape index (κ3) is 3.54. The third-order valence-electron chi connectivity index (χ3n) is 1.52. The summed E-state index contributed by atoms with van der Waals surface area (Å²) in [4.78, 5) is 10.6. The molecule has 0 atom stereocenters. The molecule has 0 aromatic heterocycles. The Bertz CT molecular complexity index is 290. The maximum absolute atomic E-state index is 11.9.